The average molecular weight is 324 g/mol. The number of anilines is 1. The molecule has 1 heterocycles. The molecule has 0 aliphatic rings. The van der Waals surface area contributed by atoms with E-state index in [0.717, 1.165) is 28.1 Å². The van der Waals surface area contributed by atoms with Crippen molar-refractivity contribution in [2.24, 2.45) is 0 Å². The van der Waals surface area contributed by atoms with Gasteiger partial charge in [-0.3, -0.25) is 0 Å². The van der Waals surface area contributed by atoms with Crippen LogP contribution in [0.3, 0.4) is 0 Å². The van der Waals surface area contributed by atoms with Crippen LogP contribution in [0.25, 0.3) is 10.1 Å². The molecule has 2 aromatic rings. The van der Waals surface area contributed by atoms with Gasteiger partial charge < -0.3 is 9.64 Å². The maximum atomic E-state index is 12.0. The zero-order valence-corrected chi connectivity index (χ0v) is 15.7. The molecule has 0 N–H and O–H groups in total. The quantitative estimate of drug-likeness (QED) is 0.687. The van der Waals surface area contributed by atoms with Crippen LogP contribution in [-0.4, -0.2) is 26.7 Å². The Morgan fingerprint density at radius 1 is 1.18 bits per heavy atom. The number of methoxy groups -OCH3 is 1. The minimum Gasteiger partial charge on any atom is -0.465 e. The van der Waals surface area contributed by atoms with E-state index in [1.54, 1.807) is 11.3 Å². The van der Waals surface area contributed by atoms with Gasteiger partial charge in [-0.15, -0.1) is 11.3 Å². The fraction of sp³-hybridized carbons (Fsp3) is 0.500. The first-order valence-electron chi connectivity index (χ1n) is 8.00. The molecule has 3 nitrogen and oxygen atoms in total. The predicted molar refractivity (Wildman–Crippen MR) is 99.4 cm³/mol. The van der Waals surface area contributed by atoms with E-state index < -0.39 is 0 Å². The number of nitrogens with zero attached hydrogens (tertiary/aromatic N) is 1. The van der Waals surface area contributed by atoms with E-state index >= 15 is 0 Å². The summed E-state index contributed by atoms with van der Waals surface area (Å²) in [7, 11) is 3.44. The second-order valence-electron chi connectivity index (χ2n) is 4.19. The SMILES string of the molecule is CC.CC.CCCN(C)c1sc2ccccc2c1C(=O)OC. The van der Waals surface area contributed by atoms with Gasteiger partial charge in [0.25, 0.3) is 0 Å². The lowest BCUT2D eigenvalue weighted by Gasteiger charge is -2.17. The molecule has 0 radical (unpaired) electrons. The smallest absolute Gasteiger partial charge is 0.341 e. The molecule has 4 heteroatoms. The van der Waals surface area contributed by atoms with Crippen molar-refractivity contribution in [1.82, 2.24) is 0 Å². The summed E-state index contributed by atoms with van der Waals surface area (Å²) in [5, 5.41) is 1.97. The molecule has 0 bridgehead atoms. The molecule has 0 fully saturated rings. The molecule has 0 aliphatic heterocycles. The van der Waals surface area contributed by atoms with Gasteiger partial charge in [-0.2, -0.15) is 0 Å². The molecule has 0 aliphatic carbocycles. The Labute approximate surface area is 138 Å². The van der Waals surface area contributed by atoms with Crippen LogP contribution in [0.5, 0.6) is 0 Å². The van der Waals surface area contributed by atoms with Gasteiger partial charge in [-0.1, -0.05) is 52.8 Å². The summed E-state index contributed by atoms with van der Waals surface area (Å²) < 4.78 is 6.03. The fourth-order valence-corrected chi connectivity index (χ4v) is 3.22. The zero-order chi connectivity index (χ0) is 17.1. The highest BCUT2D eigenvalue weighted by atomic mass is 32.1. The maximum absolute atomic E-state index is 12.0. The summed E-state index contributed by atoms with van der Waals surface area (Å²) in [4.78, 5) is 14.1. The number of esters is 1. The number of carbonyl (C=O) groups is 1. The first-order chi connectivity index (χ1) is 10.7. The third-order valence-electron chi connectivity index (χ3n) is 2.87. The molecule has 0 saturated carbocycles. The number of benzene rings is 1. The number of ether oxygens (including phenoxy) is 1. The van der Waals surface area contributed by atoms with Gasteiger partial charge in [-0.05, 0) is 12.5 Å². The second kappa shape index (κ2) is 11.1. The average Bonchev–Trinajstić information content (AvgIpc) is 2.97. The maximum Gasteiger partial charge on any atom is 0.341 e. The standard InChI is InChI=1S/C14H17NO2S.2C2H6/c1-4-9-15(2)13-12(14(16)17-3)10-7-5-6-8-11(10)18-13;2*1-2/h5-8H,4,9H2,1-3H3;2*1-2H3. The molecule has 124 valence electrons. The van der Waals surface area contributed by atoms with Crippen molar-refractivity contribution >= 4 is 32.4 Å². The van der Waals surface area contributed by atoms with E-state index in [0.29, 0.717) is 5.56 Å². The van der Waals surface area contributed by atoms with Gasteiger partial charge in [0, 0.05) is 23.7 Å². The number of rotatable bonds is 4. The summed E-state index contributed by atoms with van der Waals surface area (Å²) in [5.41, 5.74) is 0.689. The van der Waals surface area contributed by atoms with Crippen molar-refractivity contribution in [3.05, 3.63) is 29.8 Å². The first-order valence-corrected chi connectivity index (χ1v) is 8.81. The summed E-state index contributed by atoms with van der Waals surface area (Å²) in [6.07, 6.45) is 1.05. The Morgan fingerprint density at radius 2 is 1.77 bits per heavy atom. The van der Waals surface area contributed by atoms with Gasteiger partial charge in [0.2, 0.25) is 0 Å². The molecule has 0 amide bonds. The van der Waals surface area contributed by atoms with Crippen molar-refractivity contribution in [2.75, 3.05) is 25.6 Å². The van der Waals surface area contributed by atoms with Crippen LogP contribution in [0.1, 0.15) is 51.4 Å². The van der Waals surface area contributed by atoms with Crippen LogP contribution in [0, 0.1) is 0 Å². The summed E-state index contributed by atoms with van der Waals surface area (Å²) in [5.74, 6) is -0.259. The van der Waals surface area contributed by atoms with E-state index in [-0.39, 0.29) is 5.97 Å². The van der Waals surface area contributed by atoms with Crippen LogP contribution in [0.2, 0.25) is 0 Å². The number of hydrogen-bond acceptors (Lipinski definition) is 4. The van der Waals surface area contributed by atoms with Crippen LogP contribution in [0.15, 0.2) is 24.3 Å². The van der Waals surface area contributed by atoms with E-state index in [2.05, 4.69) is 11.8 Å². The normalized spacial score (nSPS) is 9.23. The van der Waals surface area contributed by atoms with E-state index in [1.165, 1.54) is 7.11 Å². The first kappa shape index (κ1) is 20.5. The molecule has 2 rings (SSSR count). The molecule has 0 spiro atoms. The van der Waals surface area contributed by atoms with E-state index in [4.69, 9.17) is 4.74 Å². The molecular formula is C18H29NO2S. The van der Waals surface area contributed by atoms with E-state index in [1.807, 2.05) is 59.0 Å². The molecule has 0 unspecified atom stereocenters. The molecule has 0 atom stereocenters. The molecule has 1 aromatic carbocycles. The minimum absolute atomic E-state index is 0.259. The van der Waals surface area contributed by atoms with Gasteiger partial charge in [0.15, 0.2) is 0 Å². The van der Waals surface area contributed by atoms with Crippen molar-refractivity contribution in [3.8, 4) is 0 Å². The van der Waals surface area contributed by atoms with E-state index in [9.17, 15) is 4.79 Å². The Bertz CT molecular complexity index is 563. The topological polar surface area (TPSA) is 29.5 Å². The Hall–Kier alpha value is -1.55. The Kier molecular flexibility index (Phi) is 10.3. The van der Waals surface area contributed by atoms with Gasteiger partial charge in [-0.25, -0.2) is 4.79 Å². The highest BCUT2D eigenvalue weighted by Crippen LogP contribution is 2.38. The zero-order valence-electron chi connectivity index (χ0n) is 14.9. The Balaban J connectivity index is 0.00000102. The number of thiophene rings is 1. The van der Waals surface area contributed by atoms with Crippen LogP contribution in [0.4, 0.5) is 5.00 Å². The summed E-state index contributed by atoms with van der Waals surface area (Å²) >= 11 is 1.64. The van der Waals surface area contributed by atoms with Crippen LogP contribution >= 0.6 is 11.3 Å². The van der Waals surface area contributed by atoms with Gasteiger partial charge in [0.1, 0.15) is 10.6 Å². The lowest BCUT2D eigenvalue weighted by Crippen LogP contribution is -2.19. The number of carbonyl (C=O) groups excluding carboxylic acids is 1. The van der Waals surface area contributed by atoms with Crippen molar-refractivity contribution in [3.63, 3.8) is 0 Å². The lowest BCUT2D eigenvalue weighted by molar-refractivity contribution is 0.0604. The highest BCUT2D eigenvalue weighted by Gasteiger charge is 2.21. The van der Waals surface area contributed by atoms with Crippen LogP contribution < -0.4 is 4.90 Å². The van der Waals surface area contributed by atoms with Gasteiger partial charge in [0.05, 0.1) is 7.11 Å². The Morgan fingerprint density at radius 3 is 2.32 bits per heavy atom. The van der Waals surface area contributed by atoms with Gasteiger partial charge >= 0.3 is 5.97 Å². The second-order valence-corrected chi connectivity index (χ2v) is 5.22. The predicted octanol–water partition coefficient (Wildman–Crippen LogP) is 5.59. The lowest BCUT2D eigenvalue weighted by atomic mass is 10.1. The summed E-state index contributed by atoms with van der Waals surface area (Å²) in [6.45, 7) is 11.1. The fourth-order valence-electron chi connectivity index (χ4n) is 2.04. The largest absolute Gasteiger partial charge is 0.465 e. The monoisotopic (exact) mass is 323 g/mol. The third kappa shape index (κ3) is 4.73. The third-order valence-corrected chi connectivity index (χ3v) is 4.16. The molecule has 22 heavy (non-hydrogen) atoms. The molecular weight excluding hydrogens is 294 g/mol. The molecule has 1 aromatic heterocycles. The van der Waals surface area contributed by atoms with Crippen molar-refractivity contribution < 1.29 is 9.53 Å². The molecule has 0 saturated heterocycles. The number of hydrogen-bond donors (Lipinski definition) is 0. The summed E-state index contributed by atoms with van der Waals surface area (Å²) in [6, 6.07) is 7.95. The van der Waals surface area contributed by atoms with Crippen LogP contribution in [-0.2, 0) is 4.74 Å². The number of fused-ring (bicyclic) bond motifs is 1. The minimum atomic E-state index is -0.259. The van der Waals surface area contributed by atoms with Crippen molar-refractivity contribution in [2.45, 2.75) is 41.0 Å². The van der Waals surface area contributed by atoms with Crippen molar-refractivity contribution in [1.29, 1.82) is 0 Å². The highest BCUT2D eigenvalue weighted by molar-refractivity contribution is 7.23.